The maximum Gasteiger partial charge on any atom is 0.0236 e. The molecule has 1 aliphatic carbocycles. The van der Waals surface area contributed by atoms with Crippen LogP contribution in [0.3, 0.4) is 0 Å². The summed E-state index contributed by atoms with van der Waals surface area (Å²) >= 11 is 0. The fourth-order valence-electron chi connectivity index (χ4n) is 3.86. The Morgan fingerprint density at radius 1 is 1.15 bits per heavy atom. The molecule has 2 heteroatoms. The molecule has 1 saturated carbocycles. The maximum absolute atomic E-state index is 3.48. The van der Waals surface area contributed by atoms with Gasteiger partial charge in [0, 0.05) is 19.1 Å². The van der Waals surface area contributed by atoms with Crippen LogP contribution in [0.5, 0.6) is 0 Å². The van der Waals surface area contributed by atoms with Gasteiger partial charge in [-0.05, 0) is 49.5 Å². The topological polar surface area (TPSA) is 15.3 Å². The molecular weight excluding hydrogens is 244 g/mol. The second-order valence-corrected chi connectivity index (χ2v) is 6.54. The molecule has 110 valence electrons. The van der Waals surface area contributed by atoms with Gasteiger partial charge in [-0.15, -0.1) is 0 Å². The second kappa shape index (κ2) is 6.73. The van der Waals surface area contributed by atoms with Gasteiger partial charge in [-0.3, -0.25) is 4.90 Å². The molecule has 1 fully saturated rings. The molecule has 1 N–H and O–H groups in total. The number of nitrogens with one attached hydrogen (secondary N) is 1. The van der Waals surface area contributed by atoms with Crippen molar-refractivity contribution in [2.75, 3.05) is 13.6 Å². The normalized spacial score (nSPS) is 20.7. The van der Waals surface area contributed by atoms with Crippen LogP contribution in [-0.4, -0.2) is 24.5 Å². The summed E-state index contributed by atoms with van der Waals surface area (Å²) in [4.78, 5) is 2.61. The Kier molecular flexibility index (Phi) is 4.74. The molecule has 1 aliphatic heterocycles. The summed E-state index contributed by atoms with van der Waals surface area (Å²) < 4.78 is 0. The molecule has 20 heavy (non-hydrogen) atoms. The third-order valence-electron chi connectivity index (χ3n) is 5.11. The average molecular weight is 272 g/mol. The quantitative estimate of drug-likeness (QED) is 0.847. The Labute approximate surface area is 123 Å². The Hall–Kier alpha value is -0.860. The molecule has 0 saturated heterocycles. The van der Waals surface area contributed by atoms with Gasteiger partial charge in [0.05, 0.1) is 0 Å². The highest BCUT2D eigenvalue weighted by Gasteiger charge is 2.19. The molecule has 3 rings (SSSR count). The minimum atomic E-state index is 0.801. The average Bonchev–Trinajstić information content (AvgIpc) is 2.77. The lowest BCUT2D eigenvalue weighted by atomic mass is 9.94. The first kappa shape index (κ1) is 14.1. The van der Waals surface area contributed by atoms with Crippen LogP contribution in [0.2, 0.25) is 0 Å². The monoisotopic (exact) mass is 272 g/mol. The van der Waals surface area contributed by atoms with E-state index in [2.05, 4.69) is 35.5 Å². The van der Waals surface area contributed by atoms with Crippen molar-refractivity contribution in [3.8, 4) is 0 Å². The van der Waals surface area contributed by atoms with Crippen molar-refractivity contribution in [1.29, 1.82) is 0 Å². The van der Waals surface area contributed by atoms with Crippen molar-refractivity contribution < 1.29 is 0 Å². The summed E-state index contributed by atoms with van der Waals surface area (Å²) in [7, 11) is 2.33. The molecule has 2 nitrogen and oxygen atoms in total. The second-order valence-electron chi connectivity index (χ2n) is 6.54. The first-order chi connectivity index (χ1) is 9.84. The van der Waals surface area contributed by atoms with Crippen LogP contribution in [0.1, 0.15) is 55.2 Å². The Bertz CT molecular complexity index is 433. The molecule has 2 aliphatic rings. The van der Waals surface area contributed by atoms with Crippen LogP contribution in [-0.2, 0) is 19.5 Å². The standard InChI is InChI=1S/C18H28N2/c1-20(17-9-4-2-3-5-10-17)14-16-8-6-7-15-13-19-12-11-18(15)16/h6-8,17,19H,2-5,9-14H2,1H3. The van der Waals surface area contributed by atoms with Crippen LogP contribution in [0.4, 0.5) is 0 Å². The maximum atomic E-state index is 3.48. The zero-order chi connectivity index (χ0) is 13.8. The van der Waals surface area contributed by atoms with Crippen molar-refractivity contribution in [2.24, 2.45) is 0 Å². The molecule has 1 aromatic rings. The lowest BCUT2D eigenvalue weighted by Gasteiger charge is -2.29. The summed E-state index contributed by atoms with van der Waals surface area (Å²) in [6.07, 6.45) is 9.72. The van der Waals surface area contributed by atoms with E-state index in [1.165, 1.54) is 50.5 Å². The highest BCUT2D eigenvalue weighted by Crippen LogP contribution is 2.25. The first-order valence-electron chi connectivity index (χ1n) is 8.35. The lowest BCUT2D eigenvalue weighted by molar-refractivity contribution is 0.212. The van der Waals surface area contributed by atoms with Crippen LogP contribution >= 0.6 is 0 Å². The molecule has 0 spiro atoms. The number of hydrogen-bond acceptors (Lipinski definition) is 2. The van der Waals surface area contributed by atoms with Crippen molar-refractivity contribution in [3.05, 3.63) is 34.9 Å². The van der Waals surface area contributed by atoms with E-state index in [4.69, 9.17) is 0 Å². The van der Waals surface area contributed by atoms with E-state index in [0.717, 1.165) is 25.7 Å². The third-order valence-corrected chi connectivity index (χ3v) is 5.11. The number of benzene rings is 1. The molecule has 1 aromatic carbocycles. The smallest absolute Gasteiger partial charge is 0.0236 e. The van der Waals surface area contributed by atoms with E-state index in [9.17, 15) is 0 Å². The van der Waals surface area contributed by atoms with Gasteiger partial charge in [-0.2, -0.15) is 0 Å². The fraction of sp³-hybridized carbons (Fsp3) is 0.667. The van der Waals surface area contributed by atoms with Crippen molar-refractivity contribution in [1.82, 2.24) is 10.2 Å². The van der Waals surface area contributed by atoms with Crippen LogP contribution in [0.15, 0.2) is 18.2 Å². The van der Waals surface area contributed by atoms with E-state index < -0.39 is 0 Å². The van der Waals surface area contributed by atoms with E-state index in [-0.39, 0.29) is 0 Å². The highest BCUT2D eigenvalue weighted by atomic mass is 15.1. The zero-order valence-electron chi connectivity index (χ0n) is 12.8. The fourth-order valence-corrected chi connectivity index (χ4v) is 3.86. The summed E-state index contributed by atoms with van der Waals surface area (Å²) in [6.45, 7) is 3.32. The number of rotatable bonds is 3. The van der Waals surface area contributed by atoms with Crippen LogP contribution in [0, 0.1) is 0 Å². The van der Waals surface area contributed by atoms with Gasteiger partial charge in [0.25, 0.3) is 0 Å². The number of fused-ring (bicyclic) bond motifs is 1. The van der Waals surface area contributed by atoms with Crippen molar-refractivity contribution >= 4 is 0 Å². The molecule has 1 heterocycles. The van der Waals surface area contributed by atoms with Gasteiger partial charge in [-0.25, -0.2) is 0 Å². The molecule has 0 amide bonds. The largest absolute Gasteiger partial charge is 0.312 e. The van der Waals surface area contributed by atoms with Gasteiger partial charge in [0.1, 0.15) is 0 Å². The van der Waals surface area contributed by atoms with Crippen LogP contribution in [0.25, 0.3) is 0 Å². The molecular formula is C18H28N2. The lowest BCUT2D eigenvalue weighted by Crippen LogP contribution is -2.32. The molecule has 0 unspecified atom stereocenters. The van der Waals surface area contributed by atoms with E-state index in [0.29, 0.717) is 0 Å². The molecule has 0 atom stereocenters. The predicted molar refractivity (Wildman–Crippen MR) is 84.8 cm³/mol. The first-order valence-corrected chi connectivity index (χ1v) is 8.35. The third kappa shape index (κ3) is 3.24. The van der Waals surface area contributed by atoms with Gasteiger partial charge in [0.2, 0.25) is 0 Å². The zero-order valence-corrected chi connectivity index (χ0v) is 12.8. The summed E-state index contributed by atoms with van der Waals surface area (Å²) in [5.74, 6) is 0. The summed E-state index contributed by atoms with van der Waals surface area (Å²) in [5.41, 5.74) is 4.70. The minimum absolute atomic E-state index is 0.801. The van der Waals surface area contributed by atoms with Crippen molar-refractivity contribution in [2.45, 2.75) is 64.1 Å². The van der Waals surface area contributed by atoms with E-state index in [1.807, 2.05) is 0 Å². The Balaban J connectivity index is 1.70. The SMILES string of the molecule is CN(Cc1cccc2c1CCNC2)C1CCCCCC1. The van der Waals surface area contributed by atoms with Gasteiger partial charge < -0.3 is 5.32 Å². The van der Waals surface area contributed by atoms with Gasteiger partial charge in [0.15, 0.2) is 0 Å². The van der Waals surface area contributed by atoms with Crippen molar-refractivity contribution in [3.63, 3.8) is 0 Å². The number of nitrogens with zero attached hydrogens (tertiary/aromatic N) is 1. The van der Waals surface area contributed by atoms with Crippen LogP contribution < -0.4 is 5.32 Å². The van der Waals surface area contributed by atoms with Gasteiger partial charge in [-0.1, -0.05) is 43.9 Å². The van der Waals surface area contributed by atoms with E-state index in [1.54, 1.807) is 11.1 Å². The molecule has 0 radical (unpaired) electrons. The molecule has 0 aromatic heterocycles. The van der Waals surface area contributed by atoms with Gasteiger partial charge >= 0.3 is 0 Å². The van der Waals surface area contributed by atoms with E-state index >= 15 is 0 Å². The number of hydrogen-bond donors (Lipinski definition) is 1. The Morgan fingerprint density at radius 2 is 1.95 bits per heavy atom. The minimum Gasteiger partial charge on any atom is -0.312 e. The molecule has 0 bridgehead atoms. The summed E-state index contributed by atoms with van der Waals surface area (Å²) in [6, 6.07) is 7.67. The predicted octanol–water partition coefficient (Wildman–Crippen LogP) is 3.49. The Morgan fingerprint density at radius 3 is 2.75 bits per heavy atom. The highest BCUT2D eigenvalue weighted by molar-refractivity contribution is 5.37. The summed E-state index contributed by atoms with van der Waals surface area (Å²) in [5, 5.41) is 3.48.